The molecule has 0 aliphatic heterocycles. The lowest BCUT2D eigenvalue weighted by Crippen LogP contribution is -2.41. The van der Waals surface area contributed by atoms with E-state index < -0.39 is 0 Å². The predicted molar refractivity (Wildman–Crippen MR) is 88.6 cm³/mol. The van der Waals surface area contributed by atoms with E-state index in [1.807, 2.05) is 0 Å². The quantitative estimate of drug-likeness (QED) is 0.922. The third-order valence-electron chi connectivity index (χ3n) is 4.86. The fourth-order valence-corrected chi connectivity index (χ4v) is 3.85. The van der Waals surface area contributed by atoms with Crippen molar-refractivity contribution < 1.29 is 0 Å². The lowest BCUT2D eigenvalue weighted by molar-refractivity contribution is 0.218. The third kappa shape index (κ3) is 2.71. The second-order valence-corrected chi connectivity index (χ2v) is 6.39. The Hall–Kier alpha value is -1.35. The molecule has 2 aromatic rings. The Balaban J connectivity index is 2.07. The van der Waals surface area contributed by atoms with Crippen molar-refractivity contribution in [3.63, 3.8) is 0 Å². The molecule has 0 spiro atoms. The smallest absolute Gasteiger partial charge is 0.109 e. The number of hydrogen-bond donors (Lipinski definition) is 1. The molecule has 3 heteroatoms. The third-order valence-corrected chi connectivity index (χ3v) is 4.86. The van der Waals surface area contributed by atoms with Crippen molar-refractivity contribution in [1.29, 1.82) is 0 Å². The number of para-hydroxylation sites is 2. The van der Waals surface area contributed by atoms with E-state index in [9.17, 15) is 0 Å². The van der Waals surface area contributed by atoms with E-state index in [4.69, 9.17) is 4.98 Å². The van der Waals surface area contributed by atoms with Crippen LogP contribution in [0.25, 0.3) is 11.0 Å². The molecule has 1 aliphatic carbocycles. The van der Waals surface area contributed by atoms with Gasteiger partial charge in [0, 0.05) is 12.5 Å². The number of nitrogens with zero attached hydrogens (tertiary/aromatic N) is 2. The second-order valence-electron chi connectivity index (χ2n) is 6.39. The van der Waals surface area contributed by atoms with Crippen molar-refractivity contribution in [3.05, 3.63) is 30.1 Å². The van der Waals surface area contributed by atoms with E-state index in [0.29, 0.717) is 12.1 Å². The normalized spacial score (nSPS) is 26.3. The molecule has 1 N–H and O–H groups in total. The molecule has 21 heavy (non-hydrogen) atoms. The van der Waals surface area contributed by atoms with Gasteiger partial charge < -0.3 is 9.88 Å². The number of fused-ring (bicyclic) bond motifs is 1. The molecular formula is C18H27N3. The van der Waals surface area contributed by atoms with Gasteiger partial charge in [0.2, 0.25) is 0 Å². The van der Waals surface area contributed by atoms with E-state index in [1.54, 1.807) is 0 Å². The standard InChI is InChI=1S/C18H27N3/c1-4-18-20-15-8-6-7-9-16(15)21(18)17-12-13(3)10-11-14(17)19-5-2/h6-9,13-14,17,19H,4-5,10-12H2,1-3H3. The van der Waals surface area contributed by atoms with Gasteiger partial charge in [-0.1, -0.05) is 32.9 Å². The molecule has 1 aromatic heterocycles. The van der Waals surface area contributed by atoms with Crippen LogP contribution >= 0.6 is 0 Å². The van der Waals surface area contributed by atoms with Crippen LogP contribution in [-0.2, 0) is 6.42 Å². The zero-order valence-corrected chi connectivity index (χ0v) is 13.5. The molecule has 3 atom stereocenters. The van der Waals surface area contributed by atoms with Gasteiger partial charge in [-0.25, -0.2) is 4.98 Å². The van der Waals surface area contributed by atoms with Crippen LogP contribution in [0.15, 0.2) is 24.3 Å². The van der Waals surface area contributed by atoms with Gasteiger partial charge in [0.25, 0.3) is 0 Å². The largest absolute Gasteiger partial charge is 0.323 e. The number of hydrogen-bond acceptors (Lipinski definition) is 2. The van der Waals surface area contributed by atoms with E-state index in [2.05, 4.69) is 54.9 Å². The zero-order chi connectivity index (χ0) is 14.8. The van der Waals surface area contributed by atoms with Gasteiger partial charge in [0.05, 0.1) is 17.1 Å². The van der Waals surface area contributed by atoms with Gasteiger partial charge >= 0.3 is 0 Å². The first-order chi connectivity index (χ1) is 10.2. The number of likely N-dealkylation sites (N-methyl/N-ethyl adjacent to an activating group) is 1. The first-order valence-corrected chi connectivity index (χ1v) is 8.43. The maximum Gasteiger partial charge on any atom is 0.109 e. The van der Waals surface area contributed by atoms with Gasteiger partial charge in [-0.05, 0) is 43.9 Å². The van der Waals surface area contributed by atoms with Crippen molar-refractivity contribution >= 4 is 11.0 Å². The minimum Gasteiger partial charge on any atom is -0.323 e. The van der Waals surface area contributed by atoms with Crippen LogP contribution in [0.1, 0.15) is 51.9 Å². The SMILES string of the molecule is CCNC1CCC(C)CC1n1c(CC)nc2ccccc21. The molecule has 1 saturated carbocycles. The number of aromatic nitrogens is 2. The molecule has 0 bridgehead atoms. The van der Waals surface area contributed by atoms with Gasteiger partial charge in [0.15, 0.2) is 0 Å². The van der Waals surface area contributed by atoms with Crippen molar-refractivity contribution in [2.75, 3.05) is 6.54 Å². The second kappa shape index (κ2) is 6.18. The lowest BCUT2D eigenvalue weighted by atomic mass is 9.83. The Morgan fingerprint density at radius 1 is 1.24 bits per heavy atom. The molecule has 0 radical (unpaired) electrons. The highest BCUT2D eigenvalue weighted by Gasteiger charge is 2.31. The monoisotopic (exact) mass is 285 g/mol. The van der Waals surface area contributed by atoms with Crippen LogP contribution < -0.4 is 5.32 Å². The van der Waals surface area contributed by atoms with Crippen molar-refractivity contribution in [1.82, 2.24) is 14.9 Å². The Morgan fingerprint density at radius 3 is 2.81 bits per heavy atom. The molecule has 1 heterocycles. The first kappa shape index (κ1) is 14.6. The average Bonchev–Trinajstić information content (AvgIpc) is 2.87. The minimum atomic E-state index is 0.538. The summed E-state index contributed by atoms with van der Waals surface area (Å²) in [6, 6.07) is 9.70. The van der Waals surface area contributed by atoms with Crippen LogP contribution in [0.4, 0.5) is 0 Å². The predicted octanol–water partition coefficient (Wildman–Crippen LogP) is 3.94. The van der Waals surface area contributed by atoms with Crippen LogP contribution in [-0.4, -0.2) is 22.1 Å². The Kier molecular flexibility index (Phi) is 4.29. The molecule has 0 saturated heterocycles. The fraction of sp³-hybridized carbons (Fsp3) is 0.611. The maximum absolute atomic E-state index is 4.86. The van der Waals surface area contributed by atoms with Gasteiger partial charge in [-0.15, -0.1) is 0 Å². The molecular weight excluding hydrogens is 258 g/mol. The first-order valence-electron chi connectivity index (χ1n) is 8.43. The molecule has 0 amide bonds. The summed E-state index contributed by atoms with van der Waals surface area (Å²) >= 11 is 0. The lowest BCUT2D eigenvalue weighted by Gasteiger charge is -2.37. The molecule has 1 aliphatic rings. The van der Waals surface area contributed by atoms with Crippen LogP contribution in [0, 0.1) is 5.92 Å². The molecule has 3 nitrogen and oxygen atoms in total. The summed E-state index contributed by atoms with van der Waals surface area (Å²) in [5.74, 6) is 2.04. The molecule has 1 aromatic carbocycles. The van der Waals surface area contributed by atoms with E-state index >= 15 is 0 Å². The number of benzene rings is 1. The fourth-order valence-electron chi connectivity index (χ4n) is 3.85. The van der Waals surface area contributed by atoms with E-state index in [0.717, 1.165) is 24.4 Å². The highest BCUT2D eigenvalue weighted by atomic mass is 15.1. The summed E-state index contributed by atoms with van der Waals surface area (Å²) in [4.78, 5) is 4.86. The summed E-state index contributed by atoms with van der Waals surface area (Å²) < 4.78 is 2.53. The van der Waals surface area contributed by atoms with Crippen LogP contribution in [0.3, 0.4) is 0 Å². The Labute approximate surface area is 127 Å². The number of nitrogens with one attached hydrogen (secondary N) is 1. The van der Waals surface area contributed by atoms with E-state index in [-0.39, 0.29) is 0 Å². The van der Waals surface area contributed by atoms with Crippen molar-refractivity contribution in [2.24, 2.45) is 5.92 Å². The summed E-state index contributed by atoms with van der Waals surface area (Å²) in [6.07, 6.45) is 4.86. The van der Waals surface area contributed by atoms with Crippen LogP contribution in [0.2, 0.25) is 0 Å². The topological polar surface area (TPSA) is 29.9 Å². The Morgan fingerprint density at radius 2 is 2.05 bits per heavy atom. The maximum atomic E-state index is 4.86. The van der Waals surface area contributed by atoms with Crippen molar-refractivity contribution in [2.45, 2.75) is 58.5 Å². The molecule has 114 valence electrons. The highest BCUT2D eigenvalue weighted by Crippen LogP contribution is 2.35. The summed E-state index contributed by atoms with van der Waals surface area (Å²) in [5, 5.41) is 3.71. The average molecular weight is 285 g/mol. The number of aryl methyl sites for hydroxylation is 1. The van der Waals surface area contributed by atoms with Crippen LogP contribution in [0.5, 0.6) is 0 Å². The number of rotatable bonds is 4. The molecule has 1 fully saturated rings. The van der Waals surface area contributed by atoms with E-state index in [1.165, 1.54) is 30.6 Å². The summed E-state index contributed by atoms with van der Waals surface area (Å²) in [7, 11) is 0. The highest BCUT2D eigenvalue weighted by molar-refractivity contribution is 5.76. The number of imidazole rings is 1. The zero-order valence-electron chi connectivity index (χ0n) is 13.5. The van der Waals surface area contributed by atoms with Gasteiger partial charge in [0.1, 0.15) is 5.82 Å². The van der Waals surface area contributed by atoms with Gasteiger partial charge in [-0.2, -0.15) is 0 Å². The summed E-state index contributed by atoms with van der Waals surface area (Å²) in [5.41, 5.74) is 2.44. The van der Waals surface area contributed by atoms with Gasteiger partial charge in [-0.3, -0.25) is 0 Å². The summed E-state index contributed by atoms with van der Waals surface area (Å²) in [6.45, 7) is 7.86. The molecule has 3 rings (SSSR count). The van der Waals surface area contributed by atoms with Crippen molar-refractivity contribution in [3.8, 4) is 0 Å². The molecule has 3 unspecified atom stereocenters. The minimum absolute atomic E-state index is 0.538. The Bertz CT molecular complexity index is 602.